The number of methoxy groups -OCH3 is 1. The van der Waals surface area contributed by atoms with Crippen molar-refractivity contribution in [3.8, 4) is 17.2 Å². The summed E-state index contributed by atoms with van der Waals surface area (Å²) in [6, 6.07) is 12.6. The van der Waals surface area contributed by atoms with Crippen molar-refractivity contribution < 1.29 is 28.5 Å². The summed E-state index contributed by atoms with van der Waals surface area (Å²) in [5.74, 6) is 1.75. The molecule has 45 heavy (non-hydrogen) atoms. The van der Waals surface area contributed by atoms with Crippen LogP contribution in [0.3, 0.4) is 0 Å². The third-order valence-corrected chi connectivity index (χ3v) is 8.13. The average Bonchev–Trinajstić information content (AvgIpc) is 3.02. The van der Waals surface area contributed by atoms with E-state index in [0.29, 0.717) is 73.1 Å². The standard InChI is InChI=1S/C34H44N4O7/c1-6-35-32(40)27-21-31(39)37(28-20-25(42-5)8-9-26(27)28)16-15-36-13-11-24(12-14-36)38(33(41)45-34(2,3)4)22-23-7-10-29-30(19-23)44-18-17-43-29/h7-10,19-21,24H,6,11-18,22H2,1-5H3,(H,35,40). The van der Waals surface area contributed by atoms with Gasteiger partial charge in [-0.3, -0.25) is 9.59 Å². The lowest BCUT2D eigenvalue weighted by molar-refractivity contribution is 0.00562. The van der Waals surface area contributed by atoms with Crippen LogP contribution in [-0.2, 0) is 17.8 Å². The first-order valence-corrected chi connectivity index (χ1v) is 15.7. The molecule has 0 bridgehead atoms. The van der Waals surface area contributed by atoms with Gasteiger partial charge in [0, 0.05) is 62.8 Å². The quantitative estimate of drug-likeness (QED) is 0.374. The number of hydrogen-bond donors (Lipinski definition) is 1. The SMILES string of the molecule is CCNC(=O)c1cc(=O)n(CCN2CCC(N(Cc3ccc4c(c3)OCCO4)C(=O)OC(C)(C)C)CC2)c2cc(OC)ccc12. The first-order valence-electron chi connectivity index (χ1n) is 15.7. The first kappa shape index (κ1) is 32.2. The molecule has 5 rings (SSSR count). The zero-order chi connectivity index (χ0) is 32.1. The number of carbonyl (C=O) groups is 2. The highest BCUT2D eigenvalue weighted by molar-refractivity contribution is 6.06. The third kappa shape index (κ3) is 7.70. The first-order chi connectivity index (χ1) is 21.6. The Morgan fingerprint density at radius 1 is 1.00 bits per heavy atom. The molecule has 1 aromatic heterocycles. The number of piperidine rings is 1. The van der Waals surface area contributed by atoms with Gasteiger partial charge in [-0.2, -0.15) is 0 Å². The van der Waals surface area contributed by atoms with Crippen molar-refractivity contribution in [1.82, 2.24) is 19.7 Å². The van der Waals surface area contributed by atoms with Gasteiger partial charge in [0.05, 0.1) is 18.2 Å². The monoisotopic (exact) mass is 620 g/mol. The fourth-order valence-electron chi connectivity index (χ4n) is 5.90. The highest BCUT2D eigenvalue weighted by atomic mass is 16.6. The van der Waals surface area contributed by atoms with Gasteiger partial charge in [0.2, 0.25) is 0 Å². The summed E-state index contributed by atoms with van der Waals surface area (Å²) in [7, 11) is 1.58. The molecule has 1 N–H and O–H groups in total. The Bertz CT molecular complexity index is 1590. The molecule has 2 aliphatic heterocycles. The second-order valence-electron chi connectivity index (χ2n) is 12.4. The molecule has 0 unspecified atom stereocenters. The van der Waals surface area contributed by atoms with E-state index in [1.165, 1.54) is 6.07 Å². The maximum Gasteiger partial charge on any atom is 0.410 e. The topological polar surface area (TPSA) is 112 Å². The fraction of sp³-hybridized carbons (Fsp3) is 0.500. The van der Waals surface area contributed by atoms with Crippen molar-refractivity contribution in [1.29, 1.82) is 0 Å². The number of pyridine rings is 1. The van der Waals surface area contributed by atoms with Crippen LogP contribution in [0.25, 0.3) is 10.9 Å². The molecule has 2 amide bonds. The van der Waals surface area contributed by atoms with Crippen molar-refractivity contribution in [3.05, 3.63) is 63.9 Å². The lowest BCUT2D eigenvalue weighted by Crippen LogP contribution is -2.49. The Kier molecular flexibility index (Phi) is 9.86. The van der Waals surface area contributed by atoms with Gasteiger partial charge in [0.25, 0.3) is 11.5 Å². The molecule has 0 radical (unpaired) electrons. The highest BCUT2D eigenvalue weighted by Gasteiger charge is 2.32. The molecule has 242 valence electrons. The molecule has 2 aromatic carbocycles. The third-order valence-electron chi connectivity index (χ3n) is 8.13. The molecule has 11 heteroatoms. The molecule has 1 fully saturated rings. The normalized spacial score (nSPS) is 15.5. The number of aromatic nitrogens is 1. The van der Waals surface area contributed by atoms with E-state index in [0.717, 1.165) is 31.5 Å². The molecule has 0 spiro atoms. The van der Waals surface area contributed by atoms with E-state index in [4.69, 9.17) is 18.9 Å². The molecular formula is C34H44N4O7. The molecule has 2 aliphatic rings. The summed E-state index contributed by atoms with van der Waals surface area (Å²) in [4.78, 5) is 43.6. The number of likely N-dealkylation sites (tertiary alicyclic amines) is 1. The number of nitrogens with one attached hydrogen (secondary N) is 1. The number of rotatable bonds is 9. The maximum absolute atomic E-state index is 13.4. The van der Waals surface area contributed by atoms with Crippen LogP contribution in [-0.4, -0.2) is 84.5 Å². The van der Waals surface area contributed by atoms with Gasteiger partial charge in [-0.1, -0.05) is 6.07 Å². The van der Waals surface area contributed by atoms with Crippen LogP contribution in [0, 0.1) is 0 Å². The summed E-state index contributed by atoms with van der Waals surface area (Å²) in [6.07, 6.45) is 1.20. The van der Waals surface area contributed by atoms with E-state index in [-0.39, 0.29) is 23.6 Å². The Morgan fingerprint density at radius 2 is 1.73 bits per heavy atom. The van der Waals surface area contributed by atoms with E-state index >= 15 is 0 Å². The van der Waals surface area contributed by atoms with Crippen LogP contribution >= 0.6 is 0 Å². The fourth-order valence-corrected chi connectivity index (χ4v) is 5.90. The van der Waals surface area contributed by atoms with Crippen LogP contribution < -0.4 is 25.1 Å². The number of ether oxygens (including phenoxy) is 4. The Labute approximate surface area is 264 Å². The van der Waals surface area contributed by atoms with Crippen LogP contribution in [0.1, 0.15) is 56.5 Å². The van der Waals surface area contributed by atoms with Gasteiger partial charge in [-0.05, 0) is 70.4 Å². The summed E-state index contributed by atoms with van der Waals surface area (Å²) in [5, 5.41) is 3.50. The molecule has 0 atom stereocenters. The van der Waals surface area contributed by atoms with Gasteiger partial charge in [-0.15, -0.1) is 0 Å². The van der Waals surface area contributed by atoms with E-state index in [2.05, 4.69) is 10.2 Å². The van der Waals surface area contributed by atoms with E-state index < -0.39 is 5.60 Å². The Morgan fingerprint density at radius 3 is 2.42 bits per heavy atom. The van der Waals surface area contributed by atoms with Gasteiger partial charge < -0.3 is 38.6 Å². The number of hydrogen-bond acceptors (Lipinski definition) is 8. The minimum Gasteiger partial charge on any atom is -0.497 e. The number of benzene rings is 2. The van der Waals surface area contributed by atoms with Gasteiger partial charge in [-0.25, -0.2) is 4.79 Å². The second-order valence-corrected chi connectivity index (χ2v) is 12.4. The van der Waals surface area contributed by atoms with Crippen molar-refractivity contribution in [2.75, 3.05) is 46.5 Å². The van der Waals surface area contributed by atoms with Crippen molar-refractivity contribution in [2.45, 2.75) is 65.3 Å². The predicted octanol–water partition coefficient (Wildman–Crippen LogP) is 4.43. The van der Waals surface area contributed by atoms with E-state index in [1.54, 1.807) is 17.7 Å². The van der Waals surface area contributed by atoms with Crippen molar-refractivity contribution in [3.63, 3.8) is 0 Å². The van der Waals surface area contributed by atoms with E-state index in [9.17, 15) is 14.4 Å². The Balaban J connectivity index is 1.29. The minimum atomic E-state index is -0.617. The zero-order valence-corrected chi connectivity index (χ0v) is 26.9. The second kappa shape index (κ2) is 13.8. The van der Waals surface area contributed by atoms with Crippen LogP contribution in [0.2, 0.25) is 0 Å². The molecule has 0 aliphatic carbocycles. The molecule has 1 saturated heterocycles. The maximum atomic E-state index is 13.4. The smallest absolute Gasteiger partial charge is 0.410 e. The van der Waals surface area contributed by atoms with Gasteiger partial charge in [0.1, 0.15) is 24.6 Å². The van der Waals surface area contributed by atoms with Crippen LogP contribution in [0.4, 0.5) is 4.79 Å². The summed E-state index contributed by atoms with van der Waals surface area (Å²) in [6.45, 7) is 12.0. The van der Waals surface area contributed by atoms with Crippen molar-refractivity contribution >= 4 is 22.9 Å². The molecule has 3 aromatic rings. The Hall–Kier alpha value is -4.25. The zero-order valence-electron chi connectivity index (χ0n) is 26.9. The number of amides is 2. The van der Waals surface area contributed by atoms with Crippen LogP contribution in [0.5, 0.6) is 17.2 Å². The van der Waals surface area contributed by atoms with Crippen LogP contribution in [0.15, 0.2) is 47.3 Å². The van der Waals surface area contributed by atoms with Crippen molar-refractivity contribution in [2.24, 2.45) is 0 Å². The molecular weight excluding hydrogens is 576 g/mol. The molecule has 3 heterocycles. The average molecular weight is 621 g/mol. The number of nitrogens with zero attached hydrogens (tertiary/aromatic N) is 3. The molecule has 11 nitrogen and oxygen atoms in total. The predicted molar refractivity (Wildman–Crippen MR) is 171 cm³/mol. The number of carbonyl (C=O) groups excluding carboxylic acids is 2. The van der Waals surface area contributed by atoms with Gasteiger partial charge >= 0.3 is 6.09 Å². The molecule has 0 saturated carbocycles. The summed E-state index contributed by atoms with van der Waals surface area (Å²) < 4.78 is 24.4. The number of fused-ring (bicyclic) bond motifs is 2. The summed E-state index contributed by atoms with van der Waals surface area (Å²) in [5.41, 5.74) is 1.12. The summed E-state index contributed by atoms with van der Waals surface area (Å²) >= 11 is 0. The van der Waals surface area contributed by atoms with E-state index in [1.807, 2.05) is 62.9 Å². The largest absolute Gasteiger partial charge is 0.497 e. The highest BCUT2D eigenvalue weighted by Crippen LogP contribution is 2.32. The lowest BCUT2D eigenvalue weighted by Gasteiger charge is -2.39. The van der Waals surface area contributed by atoms with Gasteiger partial charge in [0.15, 0.2) is 11.5 Å². The lowest BCUT2D eigenvalue weighted by atomic mass is 10.0. The minimum absolute atomic E-state index is 0.00604.